The smallest absolute Gasteiger partial charge is 0.264 e. The molecule has 2 N–H and O–H groups in total. The number of piperazine rings is 1. The van der Waals surface area contributed by atoms with E-state index in [9.17, 15) is 9.59 Å². The predicted octanol–water partition coefficient (Wildman–Crippen LogP) is 4.81. The van der Waals surface area contributed by atoms with E-state index in [-0.39, 0.29) is 23.5 Å². The van der Waals surface area contributed by atoms with Gasteiger partial charge in [-0.2, -0.15) is 0 Å². The molecule has 0 unspecified atom stereocenters. The van der Waals surface area contributed by atoms with Crippen LogP contribution in [0.3, 0.4) is 0 Å². The first-order chi connectivity index (χ1) is 17.8. The highest BCUT2D eigenvalue weighted by Crippen LogP contribution is 2.30. The molecule has 1 saturated heterocycles. The molecule has 4 rings (SSSR count). The lowest BCUT2D eigenvalue weighted by Gasteiger charge is -2.36. The van der Waals surface area contributed by atoms with Gasteiger partial charge in [0.25, 0.3) is 11.8 Å². The molecule has 2 amide bonds. The van der Waals surface area contributed by atoms with Gasteiger partial charge in [-0.05, 0) is 73.6 Å². The molecule has 7 nitrogen and oxygen atoms in total. The van der Waals surface area contributed by atoms with Crippen molar-refractivity contribution in [2.24, 2.45) is 0 Å². The molecule has 9 heteroatoms. The van der Waals surface area contributed by atoms with Gasteiger partial charge in [0.1, 0.15) is 5.75 Å². The number of nitrogens with zero attached hydrogens (tertiary/aromatic N) is 2. The Kier molecular flexibility index (Phi) is 8.63. The maximum Gasteiger partial charge on any atom is 0.264 e. The molecule has 0 bridgehead atoms. The fourth-order valence-corrected chi connectivity index (χ4v) is 4.69. The van der Waals surface area contributed by atoms with Crippen molar-refractivity contribution in [1.82, 2.24) is 10.2 Å². The summed E-state index contributed by atoms with van der Waals surface area (Å²) in [7, 11) is 0. The number of amides is 2. The van der Waals surface area contributed by atoms with Gasteiger partial charge in [0.05, 0.1) is 10.7 Å². The van der Waals surface area contributed by atoms with E-state index in [1.807, 2.05) is 73.3 Å². The van der Waals surface area contributed by atoms with E-state index < -0.39 is 0 Å². The lowest BCUT2D eigenvalue weighted by molar-refractivity contribution is -0.121. The first-order valence-corrected chi connectivity index (χ1v) is 12.8. The van der Waals surface area contributed by atoms with Crippen LogP contribution in [0.25, 0.3) is 0 Å². The van der Waals surface area contributed by atoms with Gasteiger partial charge in [-0.3, -0.25) is 14.9 Å². The molecule has 1 fully saturated rings. The number of hydrogen-bond acceptors (Lipinski definition) is 5. The fourth-order valence-electron chi connectivity index (χ4n) is 4.15. The molecule has 1 heterocycles. The Bertz CT molecular complexity index is 1310. The highest BCUT2D eigenvalue weighted by molar-refractivity contribution is 7.80. The Labute approximate surface area is 227 Å². The Morgan fingerprint density at radius 1 is 0.973 bits per heavy atom. The van der Waals surface area contributed by atoms with Crippen molar-refractivity contribution in [3.05, 3.63) is 88.4 Å². The number of thiocarbonyl (C=S) groups is 1. The summed E-state index contributed by atoms with van der Waals surface area (Å²) in [5.41, 5.74) is 4.32. The molecule has 0 aromatic heterocycles. The van der Waals surface area contributed by atoms with Gasteiger partial charge in [-0.15, -0.1) is 0 Å². The minimum atomic E-state index is -0.361. The molecule has 1 aliphatic heterocycles. The first-order valence-electron chi connectivity index (χ1n) is 12.0. The van der Waals surface area contributed by atoms with E-state index >= 15 is 0 Å². The summed E-state index contributed by atoms with van der Waals surface area (Å²) in [6, 6.07) is 20.7. The molecule has 0 aliphatic carbocycles. The second-order valence-electron chi connectivity index (χ2n) is 8.87. The zero-order chi connectivity index (χ0) is 26.4. The molecule has 0 saturated carbocycles. The number of hydrogen-bond donors (Lipinski definition) is 2. The molecule has 3 aromatic carbocycles. The molecule has 0 atom stereocenters. The van der Waals surface area contributed by atoms with E-state index in [1.54, 1.807) is 12.1 Å². The van der Waals surface area contributed by atoms with E-state index in [4.69, 9.17) is 28.6 Å². The van der Waals surface area contributed by atoms with Gasteiger partial charge in [0.15, 0.2) is 11.7 Å². The van der Waals surface area contributed by atoms with Crippen LogP contribution in [-0.2, 0) is 4.79 Å². The van der Waals surface area contributed by atoms with Crippen LogP contribution in [0.2, 0.25) is 5.02 Å². The van der Waals surface area contributed by atoms with Crippen LogP contribution < -0.4 is 20.3 Å². The van der Waals surface area contributed by atoms with Crippen LogP contribution in [0, 0.1) is 13.8 Å². The fraction of sp³-hybridized carbons (Fsp3) is 0.250. The van der Waals surface area contributed by atoms with Crippen LogP contribution in [0.1, 0.15) is 21.5 Å². The summed E-state index contributed by atoms with van der Waals surface area (Å²) in [4.78, 5) is 29.1. The van der Waals surface area contributed by atoms with Crippen LogP contribution in [0.15, 0.2) is 66.7 Å². The average molecular weight is 537 g/mol. The molecule has 0 radical (unpaired) electrons. The predicted molar refractivity (Wildman–Crippen MR) is 152 cm³/mol. The van der Waals surface area contributed by atoms with Crippen molar-refractivity contribution in [3.8, 4) is 5.75 Å². The number of halogens is 1. The Hall–Kier alpha value is -3.62. The van der Waals surface area contributed by atoms with Crippen molar-refractivity contribution in [1.29, 1.82) is 0 Å². The van der Waals surface area contributed by atoms with E-state index in [1.165, 1.54) is 0 Å². The Morgan fingerprint density at radius 3 is 2.43 bits per heavy atom. The van der Waals surface area contributed by atoms with E-state index in [0.29, 0.717) is 42.6 Å². The molecule has 1 aliphatic rings. The van der Waals surface area contributed by atoms with Crippen molar-refractivity contribution in [2.75, 3.05) is 43.0 Å². The van der Waals surface area contributed by atoms with E-state index in [2.05, 4.69) is 15.5 Å². The number of benzene rings is 3. The van der Waals surface area contributed by atoms with Gasteiger partial charge >= 0.3 is 0 Å². The number of rotatable bonds is 6. The lowest BCUT2D eigenvalue weighted by atomic mass is 10.1. The van der Waals surface area contributed by atoms with Crippen LogP contribution >= 0.6 is 23.8 Å². The minimum absolute atomic E-state index is 0.0586. The van der Waals surface area contributed by atoms with Gasteiger partial charge < -0.3 is 19.9 Å². The monoisotopic (exact) mass is 536 g/mol. The number of anilines is 2. The van der Waals surface area contributed by atoms with Crippen molar-refractivity contribution >= 4 is 52.1 Å². The lowest BCUT2D eigenvalue weighted by Crippen LogP contribution is -2.49. The zero-order valence-corrected chi connectivity index (χ0v) is 22.4. The number of carbonyl (C=O) groups is 2. The minimum Gasteiger partial charge on any atom is -0.484 e. The summed E-state index contributed by atoms with van der Waals surface area (Å²) in [5.74, 6) is 0.319. The summed E-state index contributed by atoms with van der Waals surface area (Å²) in [5, 5.41) is 6.31. The topological polar surface area (TPSA) is 73.9 Å². The Balaban J connectivity index is 1.27. The third-order valence-electron chi connectivity index (χ3n) is 6.10. The van der Waals surface area contributed by atoms with Gasteiger partial charge in [0.2, 0.25) is 0 Å². The average Bonchev–Trinajstić information content (AvgIpc) is 2.88. The second kappa shape index (κ2) is 12.1. The molecule has 0 spiro atoms. The highest BCUT2D eigenvalue weighted by Gasteiger charge is 2.24. The highest BCUT2D eigenvalue weighted by atomic mass is 35.5. The quantitative estimate of drug-likeness (QED) is 0.440. The maximum absolute atomic E-state index is 12.9. The van der Waals surface area contributed by atoms with Gasteiger partial charge in [-0.1, -0.05) is 41.9 Å². The molecule has 37 heavy (non-hydrogen) atoms. The normalized spacial score (nSPS) is 13.2. The largest absolute Gasteiger partial charge is 0.484 e. The standard InChI is InChI=1S/C28H29ClN4O3S/c1-19-6-5-8-22(16-19)36-18-26(34)31-28(37)30-21-10-11-25(24(29)17-21)32-12-14-33(15-13-32)27(35)23-9-4-3-7-20(23)2/h3-11,16-17H,12-15,18H2,1-2H3,(H2,30,31,34,37). The van der Waals surface area contributed by atoms with Crippen molar-refractivity contribution in [3.63, 3.8) is 0 Å². The van der Waals surface area contributed by atoms with Crippen LogP contribution in [0.5, 0.6) is 5.75 Å². The molecule has 192 valence electrons. The number of nitrogens with one attached hydrogen (secondary N) is 2. The van der Waals surface area contributed by atoms with Crippen LogP contribution in [0.4, 0.5) is 11.4 Å². The SMILES string of the molecule is Cc1cccc(OCC(=O)NC(=S)Nc2ccc(N3CCN(C(=O)c4ccccc4C)CC3)c(Cl)c2)c1. The molecule has 3 aromatic rings. The summed E-state index contributed by atoms with van der Waals surface area (Å²) in [6.07, 6.45) is 0. The third kappa shape index (κ3) is 6.99. The maximum atomic E-state index is 12.9. The number of ether oxygens (including phenoxy) is 1. The summed E-state index contributed by atoms with van der Waals surface area (Å²) in [6.45, 7) is 6.35. The summed E-state index contributed by atoms with van der Waals surface area (Å²) < 4.78 is 5.50. The van der Waals surface area contributed by atoms with Gasteiger partial charge in [-0.25, -0.2) is 0 Å². The number of aryl methyl sites for hydroxylation is 2. The second-order valence-corrected chi connectivity index (χ2v) is 9.68. The van der Waals surface area contributed by atoms with Crippen molar-refractivity contribution in [2.45, 2.75) is 13.8 Å². The third-order valence-corrected chi connectivity index (χ3v) is 6.61. The molecular weight excluding hydrogens is 508 g/mol. The number of carbonyl (C=O) groups excluding carboxylic acids is 2. The summed E-state index contributed by atoms with van der Waals surface area (Å²) >= 11 is 11.8. The van der Waals surface area contributed by atoms with E-state index in [0.717, 1.165) is 22.4 Å². The first kappa shape index (κ1) is 26.4. The molecular formula is C28H29ClN4O3S. The zero-order valence-electron chi connectivity index (χ0n) is 20.8. The Morgan fingerprint density at radius 2 is 1.73 bits per heavy atom. The van der Waals surface area contributed by atoms with Crippen molar-refractivity contribution < 1.29 is 14.3 Å². The van der Waals surface area contributed by atoms with Gasteiger partial charge in [0, 0.05) is 37.4 Å². The van der Waals surface area contributed by atoms with Crippen LogP contribution in [-0.4, -0.2) is 54.6 Å².